The average Bonchev–Trinajstić information content (AvgIpc) is 2.07. The van der Waals surface area contributed by atoms with Crippen LogP contribution in [0.25, 0.3) is 0 Å². The molecule has 0 aromatic carbocycles. The minimum Gasteiger partial charge on any atom is -0.319 e. The molecule has 66 valence electrons. The number of nitrogens with one attached hydrogen (secondary N) is 1. The second-order valence-corrected chi connectivity index (χ2v) is 3.99. The highest BCUT2D eigenvalue weighted by atomic mass is 35.5. The Bertz CT molecular complexity index is 103. The van der Waals surface area contributed by atoms with Crippen molar-refractivity contribution in [1.82, 2.24) is 5.32 Å². The van der Waals surface area contributed by atoms with Gasteiger partial charge in [-0.15, -0.1) is 11.6 Å². The number of hydrogen-bond donors (Lipinski definition) is 1. The Kier molecular flexibility index (Phi) is 3.67. The Balaban J connectivity index is 2.42. The highest BCUT2D eigenvalue weighted by Gasteiger charge is 2.29. The SMILES string of the molecule is CNCC1(CCl)CCCCC1. The molecule has 1 aliphatic carbocycles. The molecule has 1 saturated carbocycles. The summed E-state index contributed by atoms with van der Waals surface area (Å²) in [4.78, 5) is 0. The lowest BCUT2D eigenvalue weighted by atomic mass is 9.75. The third kappa shape index (κ3) is 2.34. The van der Waals surface area contributed by atoms with Gasteiger partial charge in [-0.2, -0.15) is 0 Å². The Hall–Kier alpha value is 0.250. The molecule has 0 amide bonds. The molecule has 0 unspecified atom stereocenters. The van der Waals surface area contributed by atoms with E-state index < -0.39 is 0 Å². The van der Waals surface area contributed by atoms with E-state index >= 15 is 0 Å². The molecule has 11 heavy (non-hydrogen) atoms. The zero-order chi connectivity index (χ0) is 8.16. The van der Waals surface area contributed by atoms with Crippen LogP contribution >= 0.6 is 11.6 Å². The van der Waals surface area contributed by atoms with Gasteiger partial charge in [-0.1, -0.05) is 19.3 Å². The molecular formula is C9H18ClN. The molecule has 2 heteroatoms. The topological polar surface area (TPSA) is 12.0 Å². The summed E-state index contributed by atoms with van der Waals surface area (Å²) < 4.78 is 0. The van der Waals surface area contributed by atoms with Crippen molar-refractivity contribution in [3.05, 3.63) is 0 Å². The molecule has 0 aromatic heterocycles. The van der Waals surface area contributed by atoms with Crippen LogP contribution in [0.2, 0.25) is 0 Å². The van der Waals surface area contributed by atoms with Gasteiger partial charge < -0.3 is 5.32 Å². The van der Waals surface area contributed by atoms with Crippen molar-refractivity contribution < 1.29 is 0 Å². The lowest BCUT2D eigenvalue weighted by Crippen LogP contribution is -2.36. The number of hydrogen-bond acceptors (Lipinski definition) is 1. The molecule has 1 fully saturated rings. The number of alkyl halides is 1. The van der Waals surface area contributed by atoms with Gasteiger partial charge in [0, 0.05) is 12.4 Å². The van der Waals surface area contributed by atoms with Crippen molar-refractivity contribution >= 4 is 11.6 Å². The molecule has 0 spiro atoms. The molecule has 1 N–H and O–H groups in total. The molecular weight excluding hydrogens is 158 g/mol. The number of rotatable bonds is 3. The van der Waals surface area contributed by atoms with Crippen LogP contribution in [-0.4, -0.2) is 19.5 Å². The van der Waals surface area contributed by atoms with E-state index in [2.05, 4.69) is 5.32 Å². The fraction of sp³-hybridized carbons (Fsp3) is 1.00. The third-order valence-corrected chi connectivity index (χ3v) is 3.32. The van der Waals surface area contributed by atoms with E-state index in [-0.39, 0.29) is 0 Å². The van der Waals surface area contributed by atoms with Crippen LogP contribution in [0, 0.1) is 5.41 Å². The zero-order valence-electron chi connectivity index (χ0n) is 7.33. The Morgan fingerprint density at radius 1 is 1.27 bits per heavy atom. The maximum atomic E-state index is 5.98. The Labute approximate surface area is 74.5 Å². The average molecular weight is 176 g/mol. The second-order valence-electron chi connectivity index (χ2n) is 3.72. The van der Waals surface area contributed by atoms with Gasteiger partial charge in [-0.3, -0.25) is 0 Å². The van der Waals surface area contributed by atoms with Crippen molar-refractivity contribution in [2.24, 2.45) is 5.41 Å². The fourth-order valence-electron chi connectivity index (χ4n) is 2.03. The Morgan fingerprint density at radius 3 is 2.36 bits per heavy atom. The molecule has 0 atom stereocenters. The minimum absolute atomic E-state index is 0.425. The largest absolute Gasteiger partial charge is 0.319 e. The third-order valence-electron chi connectivity index (χ3n) is 2.75. The van der Waals surface area contributed by atoms with Gasteiger partial charge >= 0.3 is 0 Å². The Morgan fingerprint density at radius 2 is 1.91 bits per heavy atom. The van der Waals surface area contributed by atoms with Crippen molar-refractivity contribution in [3.63, 3.8) is 0 Å². The molecule has 0 radical (unpaired) electrons. The lowest BCUT2D eigenvalue weighted by Gasteiger charge is -2.35. The molecule has 1 rings (SSSR count). The maximum absolute atomic E-state index is 5.98. The summed E-state index contributed by atoms with van der Waals surface area (Å²) in [5.74, 6) is 0.827. The van der Waals surface area contributed by atoms with E-state index in [9.17, 15) is 0 Å². The van der Waals surface area contributed by atoms with Gasteiger partial charge in [0.25, 0.3) is 0 Å². The monoisotopic (exact) mass is 175 g/mol. The van der Waals surface area contributed by atoms with Crippen LogP contribution in [0.4, 0.5) is 0 Å². The summed E-state index contributed by atoms with van der Waals surface area (Å²) in [5.41, 5.74) is 0.425. The molecule has 0 saturated heterocycles. The van der Waals surface area contributed by atoms with Crippen LogP contribution in [0.5, 0.6) is 0 Å². The van der Waals surface area contributed by atoms with Crippen molar-refractivity contribution in [3.8, 4) is 0 Å². The van der Waals surface area contributed by atoms with Gasteiger partial charge in [-0.25, -0.2) is 0 Å². The quantitative estimate of drug-likeness (QED) is 0.650. The first-order valence-electron chi connectivity index (χ1n) is 4.54. The first kappa shape index (κ1) is 9.34. The van der Waals surface area contributed by atoms with E-state index in [1.54, 1.807) is 0 Å². The normalized spacial score (nSPS) is 23.5. The van der Waals surface area contributed by atoms with Crippen LogP contribution in [-0.2, 0) is 0 Å². The van der Waals surface area contributed by atoms with E-state index in [1.807, 2.05) is 7.05 Å². The van der Waals surface area contributed by atoms with Gasteiger partial charge in [0.1, 0.15) is 0 Å². The molecule has 0 heterocycles. The summed E-state index contributed by atoms with van der Waals surface area (Å²) >= 11 is 5.98. The summed E-state index contributed by atoms with van der Waals surface area (Å²) in [7, 11) is 2.02. The van der Waals surface area contributed by atoms with E-state index in [4.69, 9.17) is 11.6 Å². The standard InChI is InChI=1S/C9H18ClN/c1-11-8-9(7-10)5-3-2-4-6-9/h11H,2-8H2,1H3. The summed E-state index contributed by atoms with van der Waals surface area (Å²) in [6.07, 6.45) is 6.78. The van der Waals surface area contributed by atoms with Crippen molar-refractivity contribution in [2.75, 3.05) is 19.5 Å². The predicted octanol–water partition coefficient (Wildman–Crippen LogP) is 2.40. The minimum atomic E-state index is 0.425. The highest BCUT2D eigenvalue weighted by Crippen LogP contribution is 2.36. The second kappa shape index (κ2) is 4.32. The van der Waals surface area contributed by atoms with Crippen molar-refractivity contribution in [2.45, 2.75) is 32.1 Å². The van der Waals surface area contributed by atoms with Crippen LogP contribution in [0.3, 0.4) is 0 Å². The molecule has 1 nitrogen and oxygen atoms in total. The van der Waals surface area contributed by atoms with Crippen molar-refractivity contribution in [1.29, 1.82) is 0 Å². The predicted molar refractivity (Wildman–Crippen MR) is 50.2 cm³/mol. The van der Waals surface area contributed by atoms with Gasteiger partial charge in [0.2, 0.25) is 0 Å². The molecule has 0 bridgehead atoms. The van der Waals surface area contributed by atoms with E-state index in [0.717, 1.165) is 12.4 Å². The first-order valence-corrected chi connectivity index (χ1v) is 5.07. The summed E-state index contributed by atoms with van der Waals surface area (Å²) in [6.45, 7) is 1.09. The summed E-state index contributed by atoms with van der Waals surface area (Å²) in [5, 5.41) is 3.24. The first-order chi connectivity index (χ1) is 5.33. The van der Waals surface area contributed by atoms with Gasteiger partial charge in [0.15, 0.2) is 0 Å². The van der Waals surface area contributed by atoms with E-state index in [1.165, 1.54) is 32.1 Å². The molecule has 0 aromatic rings. The highest BCUT2D eigenvalue weighted by molar-refractivity contribution is 6.18. The lowest BCUT2D eigenvalue weighted by molar-refractivity contribution is 0.217. The smallest absolute Gasteiger partial charge is 0.0292 e. The van der Waals surface area contributed by atoms with Crippen LogP contribution in [0.1, 0.15) is 32.1 Å². The zero-order valence-corrected chi connectivity index (χ0v) is 8.08. The van der Waals surface area contributed by atoms with E-state index in [0.29, 0.717) is 5.41 Å². The van der Waals surface area contributed by atoms with Gasteiger partial charge in [-0.05, 0) is 25.3 Å². The van der Waals surface area contributed by atoms with Crippen LogP contribution < -0.4 is 5.32 Å². The molecule has 0 aliphatic heterocycles. The molecule has 1 aliphatic rings. The van der Waals surface area contributed by atoms with Gasteiger partial charge in [0.05, 0.1) is 0 Å². The summed E-state index contributed by atoms with van der Waals surface area (Å²) in [6, 6.07) is 0. The maximum Gasteiger partial charge on any atom is 0.0292 e. The van der Waals surface area contributed by atoms with Crippen LogP contribution in [0.15, 0.2) is 0 Å². The number of halogens is 1. The fourth-order valence-corrected chi connectivity index (χ4v) is 2.40.